The fourth-order valence-electron chi connectivity index (χ4n) is 1.63. The van der Waals surface area contributed by atoms with E-state index in [2.05, 4.69) is 5.10 Å². The second-order valence-electron chi connectivity index (χ2n) is 3.53. The van der Waals surface area contributed by atoms with E-state index in [1.807, 2.05) is 42.9 Å². The van der Waals surface area contributed by atoms with Gasteiger partial charge >= 0.3 is 0 Å². The fraction of sp³-hybridized carbons (Fsp3) is 0.250. The minimum atomic E-state index is 0.610. The number of nitrogens with two attached hydrogens (primary N) is 1. The molecule has 0 unspecified atom stereocenters. The average molecular weight is 217 g/mol. The molecule has 2 aromatic rings. The lowest BCUT2D eigenvalue weighted by molar-refractivity contribution is 0.342. The van der Waals surface area contributed by atoms with Gasteiger partial charge in [-0.05, 0) is 25.1 Å². The first-order valence-electron chi connectivity index (χ1n) is 5.23. The lowest BCUT2D eigenvalue weighted by atomic mass is 10.1. The standard InChI is InChI=1S/C12H15N3O/c1-3-16-12-8-9(4-5-10(12)13)11-6-7-14-15(11)2/h4-8H,3,13H2,1-2H3. The predicted molar refractivity (Wildman–Crippen MR) is 64.2 cm³/mol. The third kappa shape index (κ3) is 1.86. The molecular formula is C12H15N3O. The van der Waals surface area contributed by atoms with Gasteiger partial charge in [-0.3, -0.25) is 4.68 Å². The van der Waals surface area contributed by atoms with Crippen molar-refractivity contribution >= 4 is 5.69 Å². The quantitative estimate of drug-likeness (QED) is 0.801. The van der Waals surface area contributed by atoms with Crippen molar-refractivity contribution in [3.63, 3.8) is 0 Å². The summed E-state index contributed by atoms with van der Waals surface area (Å²) in [6, 6.07) is 7.72. The fourth-order valence-corrected chi connectivity index (χ4v) is 1.63. The Morgan fingerprint density at radius 1 is 1.38 bits per heavy atom. The molecule has 0 bridgehead atoms. The van der Waals surface area contributed by atoms with Crippen molar-refractivity contribution in [1.29, 1.82) is 0 Å². The van der Waals surface area contributed by atoms with Gasteiger partial charge < -0.3 is 10.5 Å². The maximum atomic E-state index is 5.82. The zero-order valence-electron chi connectivity index (χ0n) is 9.47. The van der Waals surface area contributed by atoms with E-state index in [-0.39, 0.29) is 0 Å². The third-order valence-electron chi connectivity index (χ3n) is 2.43. The van der Waals surface area contributed by atoms with Crippen molar-refractivity contribution < 1.29 is 4.74 Å². The molecule has 0 aliphatic rings. The van der Waals surface area contributed by atoms with E-state index >= 15 is 0 Å². The van der Waals surface area contributed by atoms with Crippen molar-refractivity contribution in [3.8, 4) is 17.0 Å². The van der Waals surface area contributed by atoms with Crippen LogP contribution in [0.1, 0.15) is 6.92 Å². The Hall–Kier alpha value is -1.97. The number of anilines is 1. The van der Waals surface area contributed by atoms with Crippen molar-refractivity contribution in [2.24, 2.45) is 7.05 Å². The topological polar surface area (TPSA) is 53.1 Å². The van der Waals surface area contributed by atoms with Gasteiger partial charge in [-0.2, -0.15) is 5.10 Å². The van der Waals surface area contributed by atoms with Crippen LogP contribution in [0.25, 0.3) is 11.3 Å². The first-order valence-corrected chi connectivity index (χ1v) is 5.23. The Kier molecular flexibility index (Phi) is 2.81. The maximum absolute atomic E-state index is 5.82. The van der Waals surface area contributed by atoms with Crippen LogP contribution in [0.3, 0.4) is 0 Å². The number of hydrogen-bond acceptors (Lipinski definition) is 3. The SMILES string of the molecule is CCOc1cc(-c2ccnn2C)ccc1N. The molecule has 84 valence electrons. The highest BCUT2D eigenvalue weighted by Crippen LogP contribution is 2.28. The molecule has 0 aliphatic heterocycles. The molecule has 0 fully saturated rings. The summed E-state index contributed by atoms with van der Waals surface area (Å²) in [6.45, 7) is 2.55. The molecule has 2 rings (SSSR count). The molecule has 0 radical (unpaired) electrons. The van der Waals surface area contributed by atoms with Gasteiger partial charge in [0.1, 0.15) is 5.75 Å². The number of aryl methyl sites for hydroxylation is 1. The summed E-state index contributed by atoms with van der Waals surface area (Å²) in [5.74, 6) is 0.723. The summed E-state index contributed by atoms with van der Waals surface area (Å²) < 4.78 is 7.28. The number of benzene rings is 1. The molecule has 0 spiro atoms. The lowest BCUT2D eigenvalue weighted by Gasteiger charge is -2.09. The van der Waals surface area contributed by atoms with Gasteiger partial charge in [0.2, 0.25) is 0 Å². The predicted octanol–water partition coefficient (Wildman–Crippen LogP) is 2.07. The van der Waals surface area contributed by atoms with Gasteiger partial charge in [0.15, 0.2) is 0 Å². The minimum Gasteiger partial charge on any atom is -0.492 e. The highest BCUT2D eigenvalue weighted by molar-refractivity contribution is 5.67. The number of nitrogen functional groups attached to an aromatic ring is 1. The van der Waals surface area contributed by atoms with Gasteiger partial charge in [0.25, 0.3) is 0 Å². The number of ether oxygens (including phenoxy) is 1. The van der Waals surface area contributed by atoms with Crippen molar-refractivity contribution in [3.05, 3.63) is 30.5 Å². The second kappa shape index (κ2) is 4.26. The summed E-state index contributed by atoms with van der Waals surface area (Å²) in [4.78, 5) is 0. The van der Waals surface area contributed by atoms with Gasteiger partial charge in [-0.15, -0.1) is 0 Å². The van der Waals surface area contributed by atoms with Crippen molar-refractivity contribution in [2.45, 2.75) is 6.92 Å². The Labute approximate surface area is 94.6 Å². The van der Waals surface area contributed by atoms with E-state index < -0.39 is 0 Å². The third-order valence-corrected chi connectivity index (χ3v) is 2.43. The first-order chi connectivity index (χ1) is 7.72. The van der Waals surface area contributed by atoms with Gasteiger partial charge in [-0.25, -0.2) is 0 Å². The van der Waals surface area contributed by atoms with Gasteiger partial charge in [-0.1, -0.05) is 6.07 Å². The van der Waals surface area contributed by atoms with Crippen LogP contribution in [-0.4, -0.2) is 16.4 Å². The maximum Gasteiger partial charge on any atom is 0.142 e. The van der Waals surface area contributed by atoms with Crippen LogP contribution in [0.2, 0.25) is 0 Å². The van der Waals surface area contributed by atoms with E-state index in [1.54, 1.807) is 6.20 Å². The van der Waals surface area contributed by atoms with Crippen LogP contribution in [0, 0.1) is 0 Å². The van der Waals surface area contributed by atoms with E-state index in [0.717, 1.165) is 17.0 Å². The average Bonchev–Trinajstić information content (AvgIpc) is 2.68. The molecule has 4 nitrogen and oxygen atoms in total. The smallest absolute Gasteiger partial charge is 0.142 e. The molecule has 1 aromatic carbocycles. The number of hydrogen-bond donors (Lipinski definition) is 1. The van der Waals surface area contributed by atoms with E-state index in [4.69, 9.17) is 10.5 Å². The summed E-state index contributed by atoms with van der Waals surface area (Å²) in [5, 5.41) is 4.14. The highest BCUT2D eigenvalue weighted by atomic mass is 16.5. The van der Waals surface area contributed by atoms with E-state index in [0.29, 0.717) is 12.3 Å². The first kappa shape index (κ1) is 10.5. The van der Waals surface area contributed by atoms with Gasteiger partial charge in [0, 0.05) is 18.8 Å². The zero-order chi connectivity index (χ0) is 11.5. The van der Waals surface area contributed by atoms with Crippen LogP contribution in [0.5, 0.6) is 5.75 Å². The summed E-state index contributed by atoms with van der Waals surface area (Å²) in [6.07, 6.45) is 1.77. The largest absolute Gasteiger partial charge is 0.492 e. The van der Waals surface area contributed by atoms with Crippen LogP contribution >= 0.6 is 0 Å². The molecule has 0 saturated heterocycles. The van der Waals surface area contributed by atoms with E-state index in [1.165, 1.54) is 0 Å². The second-order valence-corrected chi connectivity index (χ2v) is 3.53. The normalized spacial score (nSPS) is 10.4. The minimum absolute atomic E-state index is 0.610. The molecule has 0 saturated carbocycles. The van der Waals surface area contributed by atoms with Crippen LogP contribution in [0.15, 0.2) is 30.5 Å². The summed E-state index contributed by atoms with van der Waals surface area (Å²) in [5.41, 5.74) is 8.58. The molecule has 4 heteroatoms. The molecule has 2 N–H and O–H groups in total. The lowest BCUT2D eigenvalue weighted by Crippen LogP contribution is -1.98. The Balaban J connectivity index is 2.43. The Bertz CT molecular complexity index is 491. The molecule has 1 aromatic heterocycles. The summed E-state index contributed by atoms with van der Waals surface area (Å²) in [7, 11) is 1.91. The number of nitrogens with zero attached hydrogens (tertiary/aromatic N) is 2. The van der Waals surface area contributed by atoms with Crippen LogP contribution in [0.4, 0.5) is 5.69 Å². The molecule has 1 heterocycles. The van der Waals surface area contributed by atoms with Crippen molar-refractivity contribution in [2.75, 3.05) is 12.3 Å². The number of rotatable bonds is 3. The van der Waals surface area contributed by atoms with Crippen molar-refractivity contribution in [1.82, 2.24) is 9.78 Å². The Morgan fingerprint density at radius 3 is 2.81 bits per heavy atom. The molecule has 0 aliphatic carbocycles. The molecule has 0 amide bonds. The molecule has 0 atom stereocenters. The summed E-state index contributed by atoms with van der Waals surface area (Å²) >= 11 is 0. The molecule has 16 heavy (non-hydrogen) atoms. The monoisotopic (exact) mass is 217 g/mol. The zero-order valence-corrected chi connectivity index (χ0v) is 9.47. The van der Waals surface area contributed by atoms with E-state index in [9.17, 15) is 0 Å². The van der Waals surface area contributed by atoms with Gasteiger partial charge in [0.05, 0.1) is 18.0 Å². The molecular weight excluding hydrogens is 202 g/mol. The highest BCUT2D eigenvalue weighted by Gasteiger charge is 2.06. The van der Waals surface area contributed by atoms with Crippen LogP contribution < -0.4 is 10.5 Å². The Morgan fingerprint density at radius 2 is 2.19 bits per heavy atom. The number of aromatic nitrogens is 2. The van der Waals surface area contributed by atoms with Crippen LogP contribution in [-0.2, 0) is 7.05 Å².